The van der Waals surface area contributed by atoms with Crippen molar-refractivity contribution in [1.82, 2.24) is 9.97 Å². The standard InChI is InChI=1S/C12H12N4O/c1-13-10-5-7-14-8-9(10)12(17)16-11-4-2-3-6-15-11/h2-8H,1H3,(H,13,14)(H,15,16,17). The van der Waals surface area contributed by atoms with Crippen LogP contribution in [0.5, 0.6) is 0 Å². The maximum atomic E-state index is 12.0. The highest BCUT2D eigenvalue weighted by Gasteiger charge is 2.10. The fourth-order valence-electron chi connectivity index (χ4n) is 1.41. The highest BCUT2D eigenvalue weighted by Crippen LogP contribution is 2.14. The monoisotopic (exact) mass is 228 g/mol. The third kappa shape index (κ3) is 2.57. The summed E-state index contributed by atoms with van der Waals surface area (Å²) in [4.78, 5) is 19.9. The second-order valence-corrected chi connectivity index (χ2v) is 3.34. The fourth-order valence-corrected chi connectivity index (χ4v) is 1.41. The molecule has 0 saturated heterocycles. The molecule has 0 radical (unpaired) electrons. The first kappa shape index (κ1) is 11.1. The van der Waals surface area contributed by atoms with E-state index in [1.165, 1.54) is 6.20 Å². The van der Waals surface area contributed by atoms with E-state index in [2.05, 4.69) is 20.6 Å². The summed E-state index contributed by atoms with van der Waals surface area (Å²) in [7, 11) is 1.76. The average molecular weight is 228 g/mol. The fraction of sp³-hybridized carbons (Fsp3) is 0.0833. The zero-order valence-electron chi connectivity index (χ0n) is 9.34. The van der Waals surface area contributed by atoms with Crippen molar-refractivity contribution in [1.29, 1.82) is 0 Å². The van der Waals surface area contributed by atoms with Crippen molar-refractivity contribution in [3.05, 3.63) is 48.4 Å². The SMILES string of the molecule is CNc1ccncc1C(=O)Nc1ccccn1. The van der Waals surface area contributed by atoms with Gasteiger partial charge in [0.05, 0.1) is 5.56 Å². The minimum absolute atomic E-state index is 0.235. The summed E-state index contributed by atoms with van der Waals surface area (Å²) in [6.07, 6.45) is 4.77. The summed E-state index contributed by atoms with van der Waals surface area (Å²) in [6, 6.07) is 7.07. The van der Waals surface area contributed by atoms with E-state index in [-0.39, 0.29) is 5.91 Å². The molecule has 2 N–H and O–H groups in total. The predicted molar refractivity (Wildman–Crippen MR) is 66.0 cm³/mol. The van der Waals surface area contributed by atoms with Crippen LogP contribution in [0.4, 0.5) is 11.5 Å². The Labute approximate surface area is 98.9 Å². The smallest absolute Gasteiger partial charge is 0.260 e. The first-order chi connectivity index (χ1) is 8.31. The van der Waals surface area contributed by atoms with Crippen molar-refractivity contribution in [2.75, 3.05) is 17.7 Å². The number of hydrogen-bond acceptors (Lipinski definition) is 4. The first-order valence-electron chi connectivity index (χ1n) is 5.15. The summed E-state index contributed by atoms with van der Waals surface area (Å²) < 4.78 is 0. The lowest BCUT2D eigenvalue weighted by Crippen LogP contribution is -2.15. The molecule has 2 aromatic heterocycles. The van der Waals surface area contributed by atoms with Crippen LogP contribution in [0.25, 0.3) is 0 Å². The molecule has 2 rings (SSSR count). The van der Waals surface area contributed by atoms with Gasteiger partial charge in [0, 0.05) is 31.3 Å². The van der Waals surface area contributed by atoms with Crippen molar-refractivity contribution in [3.63, 3.8) is 0 Å². The average Bonchev–Trinajstić information content (AvgIpc) is 2.40. The van der Waals surface area contributed by atoms with Gasteiger partial charge in [0.1, 0.15) is 5.82 Å². The van der Waals surface area contributed by atoms with Crippen molar-refractivity contribution < 1.29 is 4.79 Å². The Morgan fingerprint density at radius 2 is 2.12 bits per heavy atom. The quantitative estimate of drug-likeness (QED) is 0.840. The minimum Gasteiger partial charge on any atom is -0.387 e. The third-order valence-electron chi connectivity index (χ3n) is 2.24. The van der Waals surface area contributed by atoms with Gasteiger partial charge in [-0.25, -0.2) is 4.98 Å². The van der Waals surface area contributed by atoms with Gasteiger partial charge < -0.3 is 10.6 Å². The number of pyridine rings is 2. The molecule has 0 spiro atoms. The van der Waals surface area contributed by atoms with Crippen LogP contribution in [-0.4, -0.2) is 22.9 Å². The summed E-state index contributed by atoms with van der Waals surface area (Å²) in [5, 5.41) is 5.64. The number of nitrogens with zero attached hydrogens (tertiary/aromatic N) is 2. The van der Waals surface area contributed by atoms with Gasteiger partial charge in [-0.1, -0.05) is 6.07 Å². The molecule has 0 saturated carbocycles. The molecule has 0 aromatic carbocycles. The summed E-state index contributed by atoms with van der Waals surface area (Å²) in [5.41, 5.74) is 1.22. The van der Waals surface area contributed by atoms with Crippen molar-refractivity contribution in [3.8, 4) is 0 Å². The van der Waals surface area contributed by atoms with Crippen LogP contribution in [0.2, 0.25) is 0 Å². The second-order valence-electron chi connectivity index (χ2n) is 3.34. The second kappa shape index (κ2) is 5.07. The minimum atomic E-state index is -0.235. The molecule has 0 aliphatic heterocycles. The molecule has 1 amide bonds. The van der Waals surface area contributed by atoms with E-state index < -0.39 is 0 Å². The Morgan fingerprint density at radius 1 is 1.24 bits per heavy atom. The highest BCUT2D eigenvalue weighted by atomic mass is 16.1. The zero-order chi connectivity index (χ0) is 12.1. The lowest BCUT2D eigenvalue weighted by molar-refractivity contribution is 0.102. The number of rotatable bonds is 3. The van der Waals surface area contributed by atoms with Crippen molar-refractivity contribution >= 4 is 17.4 Å². The maximum absolute atomic E-state index is 12.0. The number of hydrogen-bond donors (Lipinski definition) is 2. The normalized spacial score (nSPS) is 9.71. The number of nitrogens with one attached hydrogen (secondary N) is 2. The number of carbonyl (C=O) groups excluding carboxylic acids is 1. The molecule has 86 valence electrons. The molecule has 2 aromatic rings. The molecular weight excluding hydrogens is 216 g/mol. The van der Waals surface area contributed by atoms with Crippen LogP contribution >= 0.6 is 0 Å². The van der Waals surface area contributed by atoms with E-state index in [9.17, 15) is 4.79 Å². The van der Waals surface area contributed by atoms with E-state index in [0.29, 0.717) is 11.4 Å². The van der Waals surface area contributed by atoms with E-state index in [1.54, 1.807) is 37.6 Å². The van der Waals surface area contributed by atoms with Gasteiger partial charge in [-0.2, -0.15) is 0 Å². The molecule has 5 heteroatoms. The molecule has 0 aliphatic rings. The third-order valence-corrected chi connectivity index (χ3v) is 2.24. The molecule has 2 heterocycles. The van der Waals surface area contributed by atoms with Crippen molar-refractivity contribution in [2.45, 2.75) is 0 Å². The number of carbonyl (C=O) groups is 1. The predicted octanol–water partition coefficient (Wildman–Crippen LogP) is 1.77. The molecule has 0 bridgehead atoms. The van der Waals surface area contributed by atoms with Gasteiger partial charge >= 0.3 is 0 Å². The highest BCUT2D eigenvalue weighted by molar-refractivity contribution is 6.07. The topological polar surface area (TPSA) is 66.9 Å². The lowest BCUT2D eigenvalue weighted by atomic mass is 10.2. The number of aromatic nitrogens is 2. The van der Waals surface area contributed by atoms with Gasteiger partial charge in [0.15, 0.2) is 0 Å². The largest absolute Gasteiger partial charge is 0.387 e. The van der Waals surface area contributed by atoms with Crippen LogP contribution < -0.4 is 10.6 Å². The molecule has 0 unspecified atom stereocenters. The van der Waals surface area contributed by atoms with Crippen LogP contribution in [0.1, 0.15) is 10.4 Å². The zero-order valence-corrected chi connectivity index (χ0v) is 9.34. The summed E-state index contributed by atoms with van der Waals surface area (Å²) in [5.74, 6) is 0.282. The Hall–Kier alpha value is -2.43. The Bertz CT molecular complexity index is 513. The van der Waals surface area contributed by atoms with E-state index in [1.807, 2.05) is 6.07 Å². The van der Waals surface area contributed by atoms with Gasteiger partial charge in [0.2, 0.25) is 0 Å². The summed E-state index contributed by atoms with van der Waals surface area (Å²) in [6.45, 7) is 0. The maximum Gasteiger partial charge on any atom is 0.260 e. The Kier molecular flexibility index (Phi) is 3.30. The van der Waals surface area contributed by atoms with Crippen LogP contribution in [0.15, 0.2) is 42.9 Å². The van der Waals surface area contributed by atoms with Crippen LogP contribution in [0.3, 0.4) is 0 Å². The van der Waals surface area contributed by atoms with E-state index in [4.69, 9.17) is 0 Å². The number of anilines is 2. The Morgan fingerprint density at radius 3 is 2.82 bits per heavy atom. The van der Waals surface area contributed by atoms with Gasteiger partial charge in [-0.3, -0.25) is 9.78 Å². The lowest BCUT2D eigenvalue weighted by Gasteiger charge is -2.08. The molecule has 5 nitrogen and oxygen atoms in total. The molecule has 0 aliphatic carbocycles. The Balaban J connectivity index is 2.20. The first-order valence-corrected chi connectivity index (χ1v) is 5.15. The molecule has 0 fully saturated rings. The van der Waals surface area contributed by atoms with Gasteiger partial charge in [0.25, 0.3) is 5.91 Å². The molecule has 0 atom stereocenters. The summed E-state index contributed by atoms with van der Waals surface area (Å²) >= 11 is 0. The van der Waals surface area contributed by atoms with Crippen LogP contribution in [0, 0.1) is 0 Å². The van der Waals surface area contributed by atoms with Crippen molar-refractivity contribution in [2.24, 2.45) is 0 Å². The van der Waals surface area contributed by atoms with Gasteiger partial charge in [-0.15, -0.1) is 0 Å². The van der Waals surface area contributed by atoms with E-state index >= 15 is 0 Å². The molecular formula is C12H12N4O. The van der Waals surface area contributed by atoms with Crippen LogP contribution in [-0.2, 0) is 0 Å². The van der Waals surface area contributed by atoms with Gasteiger partial charge in [-0.05, 0) is 18.2 Å². The molecule has 17 heavy (non-hydrogen) atoms. The van der Waals surface area contributed by atoms with E-state index in [0.717, 1.165) is 5.69 Å². The number of amides is 1.